The number of nitrogens with zero attached hydrogens (tertiary/aromatic N) is 4. The SMILES string of the molecule is CCCC(N)C(=O)N1CCCC1C(=O)N(C)[C@H](CC(C)C)C(=O)N[C@@H]1C(=O)N[C@H]([C@@H](C)CC)[C@@H](O)CC(=O)O[C@@H](C(C)C)C(=O)N[C@@H](CC(C)C)C(=O)N2CCC[C@H]2C(=O)N(C)[C@@H](Cc2ccc(OC)cc2)C(=O)O[C@@H]1C. The van der Waals surface area contributed by atoms with Gasteiger partial charge in [0.15, 0.2) is 6.10 Å². The van der Waals surface area contributed by atoms with Gasteiger partial charge < -0.3 is 60.6 Å². The number of carbonyl (C=O) groups is 9. The quantitative estimate of drug-likeness (QED) is 0.141. The third-order valence-corrected chi connectivity index (χ3v) is 15.2. The molecule has 3 aliphatic heterocycles. The van der Waals surface area contributed by atoms with E-state index in [1.54, 1.807) is 45.0 Å². The van der Waals surface area contributed by atoms with E-state index in [1.165, 1.54) is 47.7 Å². The fourth-order valence-electron chi connectivity index (χ4n) is 10.5. The van der Waals surface area contributed by atoms with Crippen LogP contribution in [0.5, 0.6) is 5.75 Å². The van der Waals surface area contributed by atoms with Crippen LogP contribution in [0.3, 0.4) is 0 Å². The van der Waals surface area contributed by atoms with Crippen LogP contribution in [-0.2, 0) is 59.0 Å². The summed E-state index contributed by atoms with van der Waals surface area (Å²) in [7, 11) is 4.40. The molecule has 3 aliphatic rings. The minimum atomic E-state index is -1.71. The van der Waals surface area contributed by atoms with Gasteiger partial charge in [-0.15, -0.1) is 0 Å². The molecular formula is C56H90N8O13. The van der Waals surface area contributed by atoms with Crippen molar-refractivity contribution < 1.29 is 62.5 Å². The number of esters is 2. The van der Waals surface area contributed by atoms with Crippen molar-refractivity contribution in [2.24, 2.45) is 29.4 Å². The molecule has 4 rings (SSSR count). The second-order valence-corrected chi connectivity index (χ2v) is 22.6. The van der Waals surface area contributed by atoms with Crippen LogP contribution in [0, 0.1) is 23.7 Å². The molecule has 21 nitrogen and oxygen atoms in total. The second kappa shape index (κ2) is 29.2. The Morgan fingerprint density at radius 1 is 0.896 bits per heavy atom. The summed E-state index contributed by atoms with van der Waals surface area (Å²) < 4.78 is 17.3. The van der Waals surface area contributed by atoms with E-state index in [-0.39, 0.29) is 50.0 Å². The number of nitrogens with one attached hydrogen (secondary N) is 3. The van der Waals surface area contributed by atoms with Gasteiger partial charge in [0.1, 0.15) is 48.1 Å². The molecule has 0 bridgehead atoms. The number of carbonyl (C=O) groups excluding carboxylic acids is 9. The number of aliphatic hydroxyl groups is 1. The van der Waals surface area contributed by atoms with E-state index >= 15 is 0 Å². The van der Waals surface area contributed by atoms with Crippen molar-refractivity contribution in [3.63, 3.8) is 0 Å². The topological polar surface area (TPSA) is 277 Å². The number of hydrogen-bond acceptors (Lipinski definition) is 14. The first-order valence-corrected chi connectivity index (χ1v) is 27.8. The first kappa shape index (κ1) is 63.7. The van der Waals surface area contributed by atoms with Gasteiger partial charge in [-0.3, -0.25) is 38.4 Å². The van der Waals surface area contributed by atoms with Crippen molar-refractivity contribution in [1.82, 2.24) is 35.6 Å². The lowest BCUT2D eigenvalue weighted by molar-refractivity contribution is -0.162. The lowest BCUT2D eigenvalue weighted by atomic mass is 9.92. The van der Waals surface area contributed by atoms with Gasteiger partial charge in [-0.1, -0.05) is 87.3 Å². The van der Waals surface area contributed by atoms with Crippen LogP contribution in [0.25, 0.3) is 0 Å². The lowest BCUT2D eigenvalue weighted by Gasteiger charge is -2.36. The number of likely N-dealkylation sites (tertiary alicyclic amines) is 1. The summed E-state index contributed by atoms with van der Waals surface area (Å²) in [4.78, 5) is 135. The summed E-state index contributed by atoms with van der Waals surface area (Å²) in [5.41, 5.74) is 6.83. The van der Waals surface area contributed by atoms with Crippen LogP contribution in [0.15, 0.2) is 24.3 Å². The zero-order valence-electron chi connectivity index (χ0n) is 47.9. The van der Waals surface area contributed by atoms with Crippen molar-refractivity contribution in [1.29, 1.82) is 0 Å². The maximum atomic E-state index is 15.0. The molecule has 6 N–H and O–H groups in total. The molecule has 0 aromatic heterocycles. The first-order valence-electron chi connectivity index (χ1n) is 27.8. The Bertz CT molecular complexity index is 2210. The zero-order valence-corrected chi connectivity index (χ0v) is 47.9. The van der Waals surface area contributed by atoms with E-state index in [9.17, 15) is 48.3 Å². The minimum absolute atomic E-state index is 0.0893. The largest absolute Gasteiger partial charge is 0.497 e. The predicted molar refractivity (Wildman–Crippen MR) is 287 cm³/mol. The summed E-state index contributed by atoms with van der Waals surface area (Å²) in [5, 5.41) is 20.2. The van der Waals surface area contributed by atoms with Gasteiger partial charge >= 0.3 is 11.9 Å². The number of cyclic esters (lactones) is 2. The number of benzene rings is 1. The second-order valence-electron chi connectivity index (χ2n) is 22.6. The number of amides is 7. The summed E-state index contributed by atoms with van der Waals surface area (Å²) in [6, 6.07) is -2.46. The van der Waals surface area contributed by atoms with E-state index in [4.69, 9.17) is 19.9 Å². The number of aliphatic hydroxyl groups excluding tert-OH is 1. The van der Waals surface area contributed by atoms with Gasteiger partial charge in [-0.25, -0.2) is 4.79 Å². The first-order chi connectivity index (χ1) is 36.3. The van der Waals surface area contributed by atoms with Gasteiger partial charge in [0.25, 0.3) is 5.91 Å². The molecule has 2 unspecified atom stereocenters. The average molecular weight is 1080 g/mol. The standard InChI is InChI=1S/C56H90N8O13/c1-14-18-38(57)52(70)63-25-16-19-40(63)54(72)61(11)42(28-32(5)6)49(67)60-47-35(10)76-56(74)43(29-36-21-23-37(75-13)24-22-36)62(12)55(73)41-20-17-26-64(41)53(71)39(27-31(3)4)58-51(69)48(33(7)8)77-45(66)30-44(65)46(34(9)15-2)59-50(47)68/h21-24,31-35,38-44,46-48,65H,14-20,25-30,57H2,1-13H3,(H,58,69)(H,59,68)(H,60,67)/t34-,35+,38?,39-,40?,41-,42+,43-,44-,46+,47-,48-/m0/s1. The fraction of sp³-hybridized carbons (Fsp3) is 0.732. The van der Waals surface area contributed by atoms with Crippen LogP contribution >= 0.6 is 0 Å². The molecule has 0 saturated carbocycles. The number of ether oxygens (including phenoxy) is 3. The Hall–Kier alpha value is -5.83. The molecule has 12 atom stereocenters. The summed E-state index contributed by atoms with van der Waals surface area (Å²) in [6.07, 6.45) is -1.88. The molecule has 3 heterocycles. The third kappa shape index (κ3) is 16.8. The van der Waals surface area contributed by atoms with Crippen molar-refractivity contribution in [3.8, 4) is 5.75 Å². The van der Waals surface area contributed by atoms with Crippen LogP contribution < -0.4 is 26.4 Å². The van der Waals surface area contributed by atoms with E-state index < -0.39 is 132 Å². The summed E-state index contributed by atoms with van der Waals surface area (Å²) in [5.74, 6) is -7.14. The van der Waals surface area contributed by atoms with Crippen molar-refractivity contribution in [2.45, 2.75) is 207 Å². The Labute approximate surface area is 455 Å². The Balaban J connectivity index is 1.86. The monoisotopic (exact) mass is 1080 g/mol. The number of rotatable bonds is 17. The highest BCUT2D eigenvalue weighted by molar-refractivity contribution is 5.97. The molecule has 0 aliphatic carbocycles. The van der Waals surface area contributed by atoms with Gasteiger partial charge in [0, 0.05) is 33.6 Å². The van der Waals surface area contributed by atoms with E-state index in [0.29, 0.717) is 56.4 Å². The minimum Gasteiger partial charge on any atom is -0.497 e. The van der Waals surface area contributed by atoms with E-state index in [1.807, 2.05) is 41.5 Å². The highest BCUT2D eigenvalue weighted by Gasteiger charge is 2.46. The maximum absolute atomic E-state index is 15.0. The number of likely N-dealkylation sites (N-methyl/N-ethyl adjacent to an activating group) is 2. The molecular weight excluding hydrogens is 993 g/mol. The predicted octanol–water partition coefficient (Wildman–Crippen LogP) is 2.86. The molecule has 7 amide bonds. The number of nitrogens with two attached hydrogens (primary N) is 1. The third-order valence-electron chi connectivity index (χ3n) is 15.2. The van der Waals surface area contributed by atoms with Gasteiger partial charge in [-0.2, -0.15) is 0 Å². The van der Waals surface area contributed by atoms with Crippen molar-refractivity contribution in [2.75, 3.05) is 34.3 Å². The van der Waals surface area contributed by atoms with E-state index in [2.05, 4.69) is 16.0 Å². The lowest BCUT2D eigenvalue weighted by Crippen LogP contribution is -2.62. The molecule has 1 aromatic carbocycles. The number of hydrogen-bond donors (Lipinski definition) is 5. The van der Waals surface area contributed by atoms with Crippen molar-refractivity contribution in [3.05, 3.63) is 29.8 Å². The molecule has 77 heavy (non-hydrogen) atoms. The van der Waals surface area contributed by atoms with Gasteiger partial charge in [-0.05, 0) is 93.2 Å². The Morgan fingerprint density at radius 3 is 2.13 bits per heavy atom. The summed E-state index contributed by atoms with van der Waals surface area (Å²) in [6.45, 7) is 18.1. The van der Waals surface area contributed by atoms with Crippen LogP contribution in [0.2, 0.25) is 0 Å². The van der Waals surface area contributed by atoms with Crippen LogP contribution in [0.1, 0.15) is 139 Å². The summed E-state index contributed by atoms with van der Waals surface area (Å²) >= 11 is 0. The smallest absolute Gasteiger partial charge is 0.329 e. The molecule has 0 radical (unpaired) electrons. The molecule has 3 fully saturated rings. The van der Waals surface area contributed by atoms with Crippen LogP contribution in [0.4, 0.5) is 0 Å². The average Bonchev–Trinajstić information content (AvgIpc) is 4.09. The fourth-order valence-corrected chi connectivity index (χ4v) is 10.5. The molecule has 0 spiro atoms. The highest BCUT2D eigenvalue weighted by Crippen LogP contribution is 2.27. The van der Waals surface area contributed by atoms with Crippen LogP contribution in [-0.4, -0.2) is 179 Å². The Morgan fingerprint density at radius 2 is 1.55 bits per heavy atom. The molecule has 1 aromatic rings. The van der Waals surface area contributed by atoms with Crippen molar-refractivity contribution >= 4 is 53.3 Å². The number of fused-ring (bicyclic) bond motifs is 1. The zero-order chi connectivity index (χ0) is 57.6. The highest BCUT2D eigenvalue weighted by atomic mass is 16.6. The Kier molecular flexibility index (Phi) is 24.2. The molecule has 432 valence electrons. The molecule has 3 saturated heterocycles. The maximum Gasteiger partial charge on any atom is 0.329 e. The normalized spacial score (nSPS) is 26.8. The van der Waals surface area contributed by atoms with Gasteiger partial charge in [0.05, 0.1) is 31.7 Å². The van der Waals surface area contributed by atoms with Gasteiger partial charge in [0.2, 0.25) is 35.4 Å². The number of methoxy groups -OCH3 is 1. The molecule has 21 heteroatoms. The van der Waals surface area contributed by atoms with E-state index in [0.717, 1.165) is 0 Å².